The molecule has 0 radical (unpaired) electrons. The van der Waals surface area contributed by atoms with Gasteiger partial charge in [-0.15, -0.1) is 0 Å². The fourth-order valence-electron chi connectivity index (χ4n) is 2.16. The Morgan fingerprint density at radius 2 is 2.28 bits per heavy atom. The quantitative estimate of drug-likeness (QED) is 0.843. The van der Waals surface area contributed by atoms with Crippen molar-refractivity contribution in [1.82, 2.24) is 10.6 Å². The molecule has 0 aromatic heterocycles. The normalized spacial score (nSPS) is 17.5. The molecule has 5 heteroatoms. The molecule has 4 nitrogen and oxygen atoms in total. The third-order valence-electron chi connectivity index (χ3n) is 3.27. The predicted molar refractivity (Wildman–Crippen MR) is 69.1 cm³/mol. The zero-order valence-corrected chi connectivity index (χ0v) is 10.7. The molecule has 2 rings (SSSR count). The topological polar surface area (TPSA) is 44.4 Å². The van der Waals surface area contributed by atoms with Crippen LogP contribution in [0.1, 0.15) is 18.5 Å². The minimum atomic E-state index is -0.252. The fraction of sp³-hybridized carbons (Fsp3) is 0.462. The highest BCUT2D eigenvalue weighted by Crippen LogP contribution is 2.27. The lowest BCUT2D eigenvalue weighted by Crippen LogP contribution is -2.48. The van der Waals surface area contributed by atoms with Crippen molar-refractivity contribution < 1.29 is 9.18 Å². The number of nitrogens with zero attached hydrogens (tertiary/aromatic N) is 1. The van der Waals surface area contributed by atoms with E-state index in [0.717, 1.165) is 17.8 Å². The molecular formula is C13H18FN3O. The van der Waals surface area contributed by atoms with Gasteiger partial charge in [0.2, 0.25) is 5.91 Å². The monoisotopic (exact) mass is 251 g/mol. The summed E-state index contributed by atoms with van der Waals surface area (Å²) >= 11 is 0. The van der Waals surface area contributed by atoms with Crippen LogP contribution in [-0.4, -0.2) is 32.6 Å². The molecule has 0 spiro atoms. The van der Waals surface area contributed by atoms with E-state index in [0.29, 0.717) is 13.1 Å². The number of anilines is 1. The van der Waals surface area contributed by atoms with E-state index in [4.69, 9.17) is 0 Å². The number of carbonyl (C=O) groups excluding carboxylic acids is 1. The third-order valence-corrected chi connectivity index (χ3v) is 3.27. The summed E-state index contributed by atoms with van der Waals surface area (Å²) in [6.45, 7) is 3.68. The number of piperazine rings is 1. The van der Waals surface area contributed by atoms with Crippen LogP contribution in [0, 0.1) is 5.82 Å². The van der Waals surface area contributed by atoms with Crippen LogP contribution < -0.4 is 15.5 Å². The largest absolute Gasteiger partial charge is 0.360 e. The summed E-state index contributed by atoms with van der Waals surface area (Å²) < 4.78 is 13.4. The summed E-state index contributed by atoms with van der Waals surface area (Å²) in [6.07, 6.45) is 0. The van der Waals surface area contributed by atoms with Gasteiger partial charge in [-0.25, -0.2) is 4.39 Å². The standard InChI is InChI=1S/C13H18FN3O/c1-9(15-2)11-7-10(14)3-4-12(11)17-6-5-16-13(18)8-17/h3-4,7,9,15H,5-6,8H2,1-2H3,(H,16,18). The number of amides is 1. The van der Waals surface area contributed by atoms with Crippen LogP contribution in [0.15, 0.2) is 18.2 Å². The van der Waals surface area contributed by atoms with Gasteiger partial charge in [0.05, 0.1) is 6.54 Å². The highest BCUT2D eigenvalue weighted by molar-refractivity contribution is 5.83. The average molecular weight is 251 g/mol. The average Bonchev–Trinajstić information content (AvgIpc) is 2.37. The second-order valence-corrected chi connectivity index (χ2v) is 4.49. The van der Waals surface area contributed by atoms with Crippen molar-refractivity contribution in [2.24, 2.45) is 0 Å². The zero-order chi connectivity index (χ0) is 13.1. The Morgan fingerprint density at radius 3 is 2.94 bits per heavy atom. The summed E-state index contributed by atoms with van der Waals surface area (Å²) in [6, 6.07) is 4.76. The van der Waals surface area contributed by atoms with Crippen LogP contribution in [0.4, 0.5) is 10.1 Å². The van der Waals surface area contributed by atoms with E-state index in [2.05, 4.69) is 10.6 Å². The maximum absolute atomic E-state index is 13.4. The molecule has 1 unspecified atom stereocenters. The molecule has 1 fully saturated rings. The van der Waals surface area contributed by atoms with Crippen molar-refractivity contribution >= 4 is 11.6 Å². The maximum atomic E-state index is 13.4. The van der Waals surface area contributed by atoms with Gasteiger partial charge in [-0.2, -0.15) is 0 Å². The van der Waals surface area contributed by atoms with Gasteiger partial charge in [-0.05, 0) is 37.7 Å². The molecule has 1 aliphatic heterocycles. The third kappa shape index (κ3) is 2.61. The molecule has 1 aromatic carbocycles. The van der Waals surface area contributed by atoms with E-state index in [1.54, 1.807) is 6.07 Å². The molecule has 1 aliphatic rings. The van der Waals surface area contributed by atoms with Crippen molar-refractivity contribution in [2.75, 3.05) is 31.6 Å². The number of nitrogens with one attached hydrogen (secondary N) is 2. The van der Waals surface area contributed by atoms with Gasteiger partial charge in [0.15, 0.2) is 0 Å². The lowest BCUT2D eigenvalue weighted by Gasteiger charge is -2.31. The fourth-order valence-corrected chi connectivity index (χ4v) is 2.16. The van der Waals surface area contributed by atoms with Gasteiger partial charge >= 0.3 is 0 Å². The Bertz CT molecular complexity index is 450. The number of halogens is 1. The van der Waals surface area contributed by atoms with E-state index in [-0.39, 0.29) is 17.8 Å². The van der Waals surface area contributed by atoms with Crippen molar-refractivity contribution in [1.29, 1.82) is 0 Å². The zero-order valence-electron chi connectivity index (χ0n) is 10.7. The number of rotatable bonds is 3. The second-order valence-electron chi connectivity index (χ2n) is 4.49. The molecular weight excluding hydrogens is 233 g/mol. The number of carbonyl (C=O) groups is 1. The Morgan fingerprint density at radius 1 is 1.50 bits per heavy atom. The SMILES string of the molecule is CNC(C)c1cc(F)ccc1N1CCNC(=O)C1. The lowest BCUT2D eigenvalue weighted by atomic mass is 10.0. The number of hydrogen-bond acceptors (Lipinski definition) is 3. The first-order chi connectivity index (χ1) is 8.61. The van der Waals surface area contributed by atoms with E-state index in [1.165, 1.54) is 12.1 Å². The summed E-state index contributed by atoms with van der Waals surface area (Å²) in [5.41, 5.74) is 1.81. The van der Waals surface area contributed by atoms with Gasteiger partial charge < -0.3 is 15.5 Å². The van der Waals surface area contributed by atoms with Gasteiger partial charge in [-0.1, -0.05) is 0 Å². The van der Waals surface area contributed by atoms with Crippen LogP contribution in [0.5, 0.6) is 0 Å². The molecule has 0 saturated carbocycles. The summed E-state index contributed by atoms with van der Waals surface area (Å²) in [5, 5.41) is 5.89. The van der Waals surface area contributed by atoms with Crippen LogP contribution >= 0.6 is 0 Å². The number of benzene rings is 1. The predicted octanol–water partition coefficient (Wildman–Crippen LogP) is 1.04. The molecule has 0 aliphatic carbocycles. The van der Waals surface area contributed by atoms with E-state index in [1.807, 2.05) is 18.9 Å². The van der Waals surface area contributed by atoms with Crippen LogP contribution in [-0.2, 0) is 4.79 Å². The number of hydrogen-bond donors (Lipinski definition) is 2. The first-order valence-electron chi connectivity index (χ1n) is 6.10. The summed E-state index contributed by atoms with van der Waals surface area (Å²) in [4.78, 5) is 13.4. The Kier molecular flexibility index (Phi) is 3.81. The van der Waals surface area contributed by atoms with Crippen LogP contribution in [0.2, 0.25) is 0 Å². The molecule has 1 aromatic rings. The van der Waals surface area contributed by atoms with Gasteiger partial charge in [0, 0.05) is 24.8 Å². The van der Waals surface area contributed by atoms with Crippen molar-refractivity contribution in [3.8, 4) is 0 Å². The summed E-state index contributed by atoms with van der Waals surface area (Å²) in [5.74, 6) is -0.244. The maximum Gasteiger partial charge on any atom is 0.239 e. The minimum Gasteiger partial charge on any atom is -0.360 e. The first-order valence-corrected chi connectivity index (χ1v) is 6.10. The molecule has 0 bridgehead atoms. The second kappa shape index (κ2) is 5.35. The Labute approximate surface area is 106 Å². The Balaban J connectivity index is 2.33. The molecule has 98 valence electrons. The minimum absolute atomic E-state index is 0.00800. The summed E-state index contributed by atoms with van der Waals surface area (Å²) in [7, 11) is 1.84. The van der Waals surface area contributed by atoms with Crippen molar-refractivity contribution in [3.63, 3.8) is 0 Å². The molecule has 1 heterocycles. The lowest BCUT2D eigenvalue weighted by molar-refractivity contribution is -0.120. The van der Waals surface area contributed by atoms with Gasteiger partial charge in [-0.3, -0.25) is 4.79 Å². The molecule has 2 N–H and O–H groups in total. The van der Waals surface area contributed by atoms with E-state index in [9.17, 15) is 9.18 Å². The van der Waals surface area contributed by atoms with Crippen molar-refractivity contribution in [2.45, 2.75) is 13.0 Å². The molecule has 1 atom stereocenters. The van der Waals surface area contributed by atoms with Crippen molar-refractivity contribution in [3.05, 3.63) is 29.6 Å². The smallest absolute Gasteiger partial charge is 0.239 e. The molecule has 1 saturated heterocycles. The highest BCUT2D eigenvalue weighted by Gasteiger charge is 2.20. The Hall–Kier alpha value is -1.62. The first kappa shape index (κ1) is 12.8. The van der Waals surface area contributed by atoms with Gasteiger partial charge in [0.1, 0.15) is 5.82 Å². The van der Waals surface area contributed by atoms with Gasteiger partial charge in [0.25, 0.3) is 0 Å². The van der Waals surface area contributed by atoms with E-state index < -0.39 is 0 Å². The molecule has 1 amide bonds. The molecule has 18 heavy (non-hydrogen) atoms. The van der Waals surface area contributed by atoms with Crippen LogP contribution in [0.25, 0.3) is 0 Å². The van der Waals surface area contributed by atoms with Crippen LogP contribution in [0.3, 0.4) is 0 Å². The highest BCUT2D eigenvalue weighted by atomic mass is 19.1. The van der Waals surface area contributed by atoms with E-state index >= 15 is 0 Å².